The number of rotatable bonds is 8. The van der Waals surface area contributed by atoms with Crippen LogP contribution in [0, 0.1) is 6.92 Å². The van der Waals surface area contributed by atoms with Crippen LogP contribution in [-0.2, 0) is 24.9 Å². The van der Waals surface area contributed by atoms with E-state index >= 15 is 0 Å². The van der Waals surface area contributed by atoms with E-state index in [4.69, 9.17) is 9.15 Å². The fourth-order valence-corrected chi connectivity index (χ4v) is 1.92. The zero-order valence-corrected chi connectivity index (χ0v) is 16.6. The third kappa shape index (κ3) is 6.48. The summed E-state index contributed by atoms with van der Waals surface area (Å²) in [6, 6.07) is 3.78. The van der Waals surface area contributed by atoms with Crippen molar-refractivity contribution in [2.24, 2.45) is 12.0 Å². The number of nitrogens with zero attached hydrogens (tertiary/aromatic N) is 4. The highest BCUT2D eigenvalue weighted by atomic mass is 127. The van der Waals surface area contributed by atoms with E-state index < -0.39 is 0 Å². The fourth-order valence-electron chi connectivity index (χ4n) is 1.92. The van der Waals surface area contributed by atoms with Crippen molar-refractivity contribution in [2.75, 3.05) is 20.3 Å². The van der Waals surface area contributed by atoms with E-state index in [0.717, 1.165) is 30.4 Å². The van der Waals surface area contributed by atoms with Gasteiger partial charge in [0.1, 0.15) is 18.1 Å². The number of hydrogen-bond acceptors (Lipinski definition) is 5. The van der Waals surface area contributed by atoms with Gasteiger partial charge >= 0.3 is 0 Å². The number of hydrogen-bond donors (Lipinski definition) is 2. The highest BCUT2D eigenvalue weighted by molar-refractivity contribution is 14.0. The Morgan fingerprint density at radius 3 is 2.83 bits per heavy atom. The van der Waals surface area contributed by atoms with Gasteiger partial charge in [-0.05, 0) is 25.5 Å². The van der Waals surface area contributed by atoms with Gasteiger partial charge in [-0.15, -0.1) is 34.2 Å². The molecular weight excluding hydrogens is 423 g/mol. The van der Waals surface area contributed by atoms with E-state index in [1.165, 1.54) is 0 Å². The predicted octanol–water partition coefficient (Wildman–Crippen LogP) is 1.61. The molecule has 0 aliphatic rings. The molecule has 2 N–H and O–H groups in total. The Morgan fingerprint density at radius 2 is 2.21 bits per heavy atom. The summed E-state index contributed by atoms with van der Waals surface area (Å²) in [5.74, 6) is 3.25. The number of aromatic nitrogens is 3. The van der Waals surface area contributed by atoms with Crippen LogP contribution in [0.25, 0.3) is 0 Å². The molecule has 2 aromatic heterocycles. The zero-order chi connectivity index (χ0) is 16.5. The van der Waals surface area contributed by atoms with Crippen molar-refractivity contribution in [3.8, 4) is 0 Å². The Hall–Kier alpha value is -1.62. The number of guanidine groups is 1. The summed E-state index contributed by atoms with van der Waals surface area (Å²) in [4.78, 5) is 4.55. The average molecular weight is 448 g/mol. The molecule has 0 aromatic carbocycles. The number of halogens is 1. The quantitative estimate of drug-likeness (QED) is 0.276. The molecule has 2 rings (SSSR count). The molecule has 0 atom stereocenters. The van der Waals surface area contributed by atoms with Crippen molar-refractivity contribution in [2.45, 2.75) is 26.4 Å². The van der Waals surface area contributed by atoms with Gasteiger partial charge in [-0.3, -0.25) is 0 Å². The van der Waals surface area contributed by atoms with Gasteiger partial charge in [-0.1, -0.05) is 0 Å². The Labute approximate surface area is 159 Å². The van der Waals surface area contributed by atoms with Crippen LogP contribution in [0.2, 0.25) is 0 Å². The summed E-state index contributed by atoms with van der Waals surface area (Å²) < 4.78 is 12.3. The normalized spacial score (nSPS) is 11.2. The maximum absolute atomic E-state index is 5.32. The summed E-state index contributed by atoms with van der Waals surface area (Å²) in [5, 5.41) is 14.7. The van der Waals surface area contributed by atoms with Crippen LogP contribution in [0.1, 0.15) is 23.8 Å². The highest BCUT2D eigenvalue weighted by Gasteiger charge is 2.05. The Kier molecular flexibility index (Phi) is 9.38. The van der Waals surface area contributed by atoms with Crippen molar-refractivity contribution < 1.29 is 9.15 Å². The van der Waals surface area contributed by atoms with Gasteiger partial charge in [0.05, 0.1) is 12.8 Å². The molecule has 0 radical (unpaired) electrons. The van der Waals surface area contributed by atoms with Crippen LogP contribution in [0.5, 0.6) is 0 Å². The summed E-state index contributed by atoms with van der Waals surface area (Å²) in [5.41, 5.74) is 0. The second-order valence-electron chi connectivity index (χ2n) is 5.09. The number of furan rings is 1. The smallest absolute Gasteiger partial charge is 0.192 e. The molecule has 0 unspecified atom stereocenters. The predicted molar refractivity (Wildman–Crippen MR) is 102 cm³/mol. The lowest BCUT2D eigenvalue weighted by molar-refractivity contribution is 0.195. The molecule has 2 aromatic rings. The molecule has 0 aliphatic heterocycles. The number of methoxy groups -OCH3 is 1. The topological polar surface area (TPSA) is 89.5 Å². The lowest BCUT2D eigenvalue weighted by Crippen LogP contribution is -2.37. The second-order valence-corrected chi connectivity index (χ2v) is 5.09. The molecule has 0 aliphatic carbocycles. The zero-order valence-electron chi connectivity index (χ0n) is 14.3. The average Bonchev–Trinajstić information content (AvgIpc) is 3.18. The van der Waals surface area contributed by atoms with Gasteiger partial charge in [-0.2, -0.15) is 0 Å². The summed E-state index contributed by atoms with van der Waals surface area (Å²) in [7, 11) is 3.63. The SMILES string of the molecule is COCCCNC(=NCc1nnc(C)n1C)NCc1ccco1.I. The lowest BCUT2D eigenvalue weighted by atomic mass is 10.4. The molecule has 8 nitrogen and oxygen atoms in total. The van der Waals surface area contributed by atoms with Gasteiger partial charge in [0.15, 0.2) is 11.8 Å². The maximum atomic E-state index is 5.32. The van der Waals surface area contributed by atoms with Gasteiger partial charge in [0.25, 0.3) is 0 Å². The first-order chi connectivity index (χ1) is 11.2. The molecule has 134 valence electrons. The van der Waals surface area contributed by atoms with Crippen LogP contribution >= 0.6 is 24.0 Å². The first kappa shape index (κ1) is 20.4. The lowest BCUT2D eigenvalue weighted by Gasteiger charge is -2.11. The standard InChI is InChI=1S/C15H24N6O2.HI/c1-12-19-20-14(21(12)2)11-18-15(16-7-5-8-22-3)17-10-13-6-4-9-23-13;/h4,6,9H,5,7-8,10-11H2,1-3H3,(H2,16,17,18);1H. The Balaban J connectivity index is 0.00000288. The van der Waals surface area contributed by atoms with Crippen molar-refractivity contribution in [3.05, 3.63) is 35.8 Å². The van der Waals surface area contributed by atoms with E-state index in [2.05, 4.69) is 25.8 Å². The van der Waals surface area contributed by atoms with Crippen molar-refractivity contribution >= 4 is 29.9 Å². The van der Waals surface area contributed by atoms with E-state index in [1.807, 2.05) is 30.7 Å². The van der Waals surface area contributed by atoms with Crippen LogP contribution in [0.4, 0.5) is 0 Å². The molecule has 0 fully saturated rings. The fraction of sp³-hybridized carbons (Fsp3) is 0.533. The molecule has 0 spiro atoms. The monoisotopic (exact) mass is 448 g/mol. The first-order valence-corrected chi connectivity index (χ1v) is 7.59. The van der Waals surface area contributed by atoms with Crippen molar-refractivity contribution in [3.63, 3.8) is 0 Å². The number of aliphatic imine (C=N–C) groups is 1. The van der Waals surface area contributed by atoms with Crippen LogP contribution in [0.3, 0.4) is 0 Å². The van der Waals surface area contributed by atoms with Crippen LogP contribution < -0.4 is 10.6 Å². The van der Waals surface area contributed by atoms with Crippen LogP contribution in [-0.4, -0.2) is 41.0 Å². The van der Waals surface area contributed by atoms with Gasteiger partial charge in [0.2, 0.25) is 0 Å². The molecule has 0 amide bonds. The molecule has 0 saturated carbocycles. The van der Waals surface area contributed by atoms with Crippen molar-refractivity contribution in [1.82, 2.24) is 25.4 Å². The minimum atomic E-state index is 0. The third-order valence-corrected chi connectivity index (χ3v) is 3.39. The maximum Gasteiger partial charge on any atom is 0.192 e. The molecule has 9 heteroatoms. The molecule has 0 saturated heterocycles. The molecule has 24 heavy (non-hydrogen) atoms. The minimum absolute atomic E-state index is 0. The van der Waals surface area contributed by atoms with Gasteiger partial charge in [-0.25, -0.2) is 4.99 Å². The Bertz CT molecular complexity index is 612. The molecule has 2 heterocycles. The van der Waals surface area contributed by atoms with E-state index in [-0.39, 0.29) is 24.0 Å². The Morgan fingerprint density at radius 1 is 1.38 bits per heavy atom. The molecular formula is C15H25IN6O2. The first-order valence-electron chi connectivity index (χ1n) is 7.59. The summed E-state index contributed by atoms with van der Waals surface area (Å²) >= 11 is 0. The van der Waals surface area contributed by atoms with Crippen LogP contribution in [0.15, 0.2) is 27.8 Å². The van der Waals surface area contributed by atoms with Gasteiger partial charge < -0.3 is 24.4 Å². The minimum Gasteiger partial charge on any atom is -0.467 e. The second kappa shape index (κ2) is 11.0. The number of nitrogens with one attached hydrogen (secondary N) is 2. The highest BCUT2D eigenvalue weighted by Crippen LogP contribution is 2.00. The van der Waals surface area contributed by atoms with E-state index in [9.17, 15) is 0 Å². The third-order valence-electron chi connectivity index (χ3n) is 3.39. The summed E-state index contributed by atoms with van der Waals surface area (Å²) in [6.45, 7) is 4.42. The van der Waals surface area contributed by atoms with E-state index in [1.54, 1.807) is 13.4 Å². The molecule has 0 bridgehead atoms. The number of aryl methyl sites for hydroxylation is 1. The summed E-state index contributed by atoms with van der Waals surface area (Å²) in [6.07, 6.45) is 2.56. The van der Waals surface area contributed by atoms with E-state index in [0.29, 0.717) is 25.7 Å². The number of ether oxygens (including phenoxy) is 1. The van der Waals surface area contributed by atoms with Gasteiger partial charge in [0, 0.05) is 27.3 Å². The largest absolute Gasteiger partial charge is 0.467 e. The van der Waals surface area contributed by atoms with Crippen molar-refractivity contribution in [1.29, 1.82) is 0 Å².